The Morgan fingerprint density at radius 1 is 1.17 bits per heavy atom. The van der Waals surface area contributed by atoms with Gasteiger partial charge in [0.15, 0.2) is 6.10 Å². The summed E-state index contributed by atoms with van der Waals surface area (Å²) in [5, 5.41) is 0.789. The fourth-order valence-corrected chi connectivity index (χ4v) is 2.96. The van der Waals surface area contributed by atoms with E-state index in [0.717, 1.165) is 0 Å². The van der Waals surface area contributed by atoms with Gasteiger partial charge in [-0.1, -0.05) is 29.3 Å². The lowest BCUT2D eigenvalue weighted by atomic mass is 10.2. The maximum absolute atomic E-state index is 12.8. The summed E-state index contributed by atoms with van der Waals surface area (Å²) < 4.78 is 48.8. The van der Waals surface area contributed by atoms with Gasteiger partial charge in [0, 0.05) is 18.7 Å². The Morgan fingerprint density at radius 3 is 2.71 bits per heavy atom. The Kier molecular flexibility index (Phi) is 5.11. The number of alkyl halides is 3. The van der Waals surface area contributed by atoms with Crippen LogP contribution in [0, 0.1) is 0 Å². The van der Waals surface area contributed by atoms with E-state index in [2.05, 4.69) is 0 Å². The average Bonchev–Trinajstić information content (AvgIpc) is 2.98. The smallest absolute Gasteiger partial charge is 0.415 e. The Hall–Kier alpha value is -1.21. The Balaban J connectivity index is 1.71. The monoisotopic (exact) mass is 379 g/mol. The molecule has 1 saturated heterocycles. The molecule has 2 aromatic rings. The Morgan fingerprint density at radius 2 is 1.96 bits per heavy atom. The lowest BCUT2D eigenvalue weighted by Gasteiger charge is -2.33. The third kappa shape index (κ3) is 3.88. The molecule has 0 N–H and O–H groups in total. The summed E-state index contributed by atoms with van der Waals surface area (Å²) in [7, 11) is 0. The van der Waals surface area contributed by atoms with Gasteiger partial charge in [-0.05, 0) is 24.3 Å². The zero-order valence-electron chi connectivity index (χ0n) is 12.4. The molecule has 1 aromatic heterocycles. The molecular formula is C16H14Cl2F3NO2. The van der Waals surface area contributed by atoms with Crippen LogP contribution in [0.2, 0.25) is 10.0 Å². The molecule has 1 aliphatic rings. The van der Waals surface area contributed by atoms with E-state index in [0.29, 0.717) is 33.7 Å². The molecule has 0 amide bonds. The SMILES string of the molecule is FC(F)(F)[C@@H]1CN(Cc2ccc(-c3cccc(Cl)c3Cl)o2)CCO1. The maximum Gasteiger partial charge on any atom is 0.415 e. The highest BCUT2D eigenvalue weighted by Crippen LogP contribution is 2.34. The van der Waals surface area contributed by atoms with Gasteiger partial charge in [0.25, 0.3) is 0 Å². The average molecular weight is 380 g/mol. The summed E-state index contributed by atoms with van der Waals surface area (Å²) in [6.45, 7) is 0.518. The van der Waals surface area contributed by atoms with E-state index < -0.39 is 12.3 Å². The second-order valence-corrected chi connectivity index (χ2v) is 6.29. The maximum atomic E-state index is 12.8. The molecule has 2 heterocycles. The lowest BCUT2D eigenvalue weighted by molar-refractivity contribution is -0.238. The highest BCUT2D eigenvalue weighted by atomic mass is 35.5. The number of hydrogen-bond acceptors (Lipinski definition) is 3. The van der Waals surface area contributed by atoms with E-state index in [4.69, 9.17) is 32.4 Å². The molecular weight excluding hydrogens is 366 g/mol. The van der Waals surface area contributed by atoms with Crippen LogP contribution in [-0.4, -0.2) is 36.9 Å². The molecule has 1 fully saturated rings. The molecule has 0 saturated carbocycles. The first-order valence-electron chi connectivity index (χ1n) is 7.28. The van der Waals surface area contributed by atoms with E-state index in [1.54, 1.807) is 35.2 Å². The summed E-state index contributed by atoms with van der Waals surface area (Å²) in [5.74, 6) is 1.09. The van der Waals surface area contributed by atoms with Gasteiger partial charge in [0.1, 0.15) is 11.5 Å². The van der Waals surface area contributed by atoms with Crippen LogP contribution in [0.25, 0.3) is 11.3 Å². The molecule has 3 nitrogen and oxygen atoms in total. The van der Waals surface area contributed by atoms with Crippen LogP contribution >= 0.6 is 23.2 Å². The van der Waals surface area contributed by atoms with Gasteiger partial charge in [0.05, 0.1) is 23.2 Å². The minimum Gasteiger partial charge on any atom is -0.460 e. The number of nitrogens with zero attached hydrogens (tertiary/aromatic N) is 1. The third-order valence-corrected chi connectivity index (χ3v) is 4.59. The van der Waals surface area contributed by atoms with Crippen molar-refractivity contribution in [2.45, 2.75) is 18.8 Å². The van der Waals surface area contributed by atoms with Crippen LogP contribution in [0.4, 0.5) is 13.2 Å². The van der Waals surface area contributed by atoms with Gasteiger partial charge in [-0.2, -0.15) is 13.2 Å². The normalized spacial score (nSPS) is 19.6. The third-order valence-electron chi connectivity index (χ3n) is 3.77. The number of ether oxygens (including phenoxy) is 1. The molecule has 0 spiro atoms. The number of morpholine rings is 1. The topological polar surface area (TPSA) is 25.6 Å². The predicted molar refractivity (Wildman–Crippen MR) is 85.2 cm³/mol. The van der Waals surface area contributed by atoms with Crippen molar-refractivity contribution in [3.05, 3.63) is 46.1 Å². The van der Waals surface area contributed by atoms with E-state index in [9.17, 15) is 13.2 Å². The lowest BCUT2D eigenvalue weighted by Crippen LogP contribution is -2.48. The van der Waals surface area contributed by atoms with Crippen molar-refractivity contribution in [3.8, 4) is 11.3 Å². The Labute approximate surface area is 146 Å². The standard InChI is InChI=1S/C16H14Cl2F3NO2/c17-12-3-1-2-11(15(12)18)13-5-4-10(24-13)8-22-6-7-23-14(9-22)16(19,20)21/h1-5,14H,6-9H2/t14-/m0/s1. The first-order valence-corrected chi connectivity index (χ1v) is 8.04. The van der Waals surface area contributed by atoms with Crippen LogP contribution < -0.4 is 0 Å². The molecule has 1 aromatic carbocycles. The number of rotatable bonds is 3. The van der Waals surface area contributed by atoms with Crippen LogP contribution in [-0.2, 0) is 11.3 Å². The number of benzene rings is 1. The van der Waals surface area contributed by atoms with Gasteiger partial charge < -0.3 is 9.15 Å². The number of halogens is 5. The molecule has 1 aliphatic heterocycles. The predicted octanol–water partition coefficient (Wildman–Crippen LogP) is 5.02. The summed E-state index contributed by atoms with van der Waals surface area (Å²) in [6.07, 6.45) is -6.12. The summed E-state index contributed by atoms with van der Waals surface area (Å²) >= 11 is 12.1. The fraction of sp³-hybridized carbons (Fsp3) is 0.375. The summed E-state index contributed by atoms with van der Waals surface area (Å²) in [4.78, 5) is 1.66. The molecule has 24 heavy (non-hydrogen) atoms. The molecule has 3 rings (SSSR count). The summed E-state index contributed by atoms with van der Waals surface area (Å²) in [6, 6.07) is 8.65. The van der Waals surface area contributed by atoms with E-state index in [-0.39, 0.29) is 19.7 Å². The van der Waals surface area contributed by atoms with Gasteiger partial charge in [-0.25, -0.2) is 0 Å². The molecule has 0 radical (unpaired) electrons. The van der Waals surface area contributed by atoms with Crippen molar-refractivity contribution in [1.82, 2.24) is 4.90 Å². The molecule has 1 atom stereocenters. The van der Waals surface area contributed by atoms with E-state index in [1.165, 1.54) is 0 Å². The van der Waals surface area contributed by atoms with Crippen LogP contribution in [0.3, 0.4) is 0 Å². The Bertz CT molecular complexity index is 718. The fourth-order valence-electron chi connectivity index (χ4n) is 2.57. The molecule has 8 heteroatoms. The first-order chi connectivity index (χ1) is 11.3. The molecule has 0 aliphatic carbocycles. The number of hydrogen-bond donors (Lipinski definition) is 0. The van der Waals surface area contributed by atoms with Gasteiger partial charge in [-0.15, -0.1) is 0 Å². The van der Waals surface area contributed by atoms with Crippen molar-refractivity contribution in [2.24, 2.45) is 0 Å². The van der Waals surface area contributed by atoms with Gasteiger partial charge in [-0.3, -0.25) is 4.90 Å². The van der Waals surface area contributed by atoms with Crippen LogP contribution in [0.1, 0.15) is 5.76 Å². The summed E-state index contributed by atoms with van der Waals surface area (Å²) in [5.41, 5.74) is 0.644. The zero-order chi connectivity index (χ0) is 17.3. The second-order valence-electron chi connectivity index (χ2n) is 5.50. The highest BCUT2D eigenvalue weighted by Gasteiger charge is 2.43. The highest BCUT2D eigenvalue weighted by molar-refractivity contribution is 6.43. The quantitative estimate of drug-likeness (QED) is 0.748. The van der Waals surface area contributed by atoms with E-state index >= 15 is 0 Å². The molecule has 0 unspecified atom stereocenters. The second kappa shape index (κ2) is 6.96. The van der Waals surface area contributed by atoms with Crippen LogP contribution in [0.15, 0.2) is 34.7 Å². The number of furan rings is 1. The van der Waals surface area contributed by atoms with Gasteiger partial charge >= 0.3 is 6.18 Å². The molecule has 130 valence electrons. The van der Waals surface area contributed by atoms with Crippen LogP contribution in [0.5, 0.6) is 0 Å². The van der Waals surface area contributed by atoms with Crippen molar-refractivity contribution in [1.29, 1.82) is 0 Å². The van der Waals surface area contributed by atoms with Gasteiger partial charge in [0.2, 0.25) is 0 Å². The molecule has 0 bridgehead atoms. The minimum atomic E-state index is -4.36. The van der Waals surface area contributed by atoms with Crippen molar-refractivity contribution >= 4 is 23.2 Å². The van der Waals surface area contributed by atoms with E-state index in [1.807, 2.05) is 0 Å². The first kappa shape index (κ1) is 17.6. The van der Waals surface area contributed by atoms with Crippen molar-refractivity contribution in [3.63, 3.8) is 0 Å². The zero-order valence-corrected chi connectivity index (χ0v) is 14.0. The van der Waals surface area contributed by atoms with Crippen molar-refractivity contribution in [2.75, 3.05) is 19.7 Å². The minimum absolute atomic E-state index is 0.0395. The largest absolute Gasteiger partial charge is 0.460 e. The van der Waals surface area contributed by atoms with Crippen molar-refractivity contribution < 1.29 is 22.3 Å².